The third kappa shape index (κ3) is 5.10. The molecule has 1 aromatic heterocycles. The first kappa shape index (κ1) is 26.8. The van der Waals surface area contributed by atoms with E-state index in [1.165, 1.54) is 4.90 Å². The van der Waals surface area contributed by atoms with E-state index >= 15 is 0 Å². The van der Waals surface area contributed by atoms with Gasteiger partial charge in [-0.1, -0.05) is 0 Å². The van der Waals surface area contributed by atoms with Crippen molar-refractivity contribution in [2.75, 3.05) is 50.8 Å². The average Bonchev–Trinajstić information content (AvgIpc) is 3.61. The van der Waals surface area contributed by atoms with Crippen LogP contribution in [0.15, 0.2) is 24.5 Å². The molecule has 40 heavy (non-hydrogen) atoms. The van der Waals surface area contributed by atoms with Crippen LogP contribution in [0.4, 0.5) is 10.5 Å². The highest BCUT2D eigenvalue weighted by Crippen LogP contribution is 2.55. The lowest BCUT2D eigenvalue weighted by Gasteiger charge is -2.46. The van der Waals surface area contributed by atoms with Crippen molar-refractivity contribution in [3.63, 3.8) is 0 Å². The van der Waals surface area contributed by atoms with Gasteiger partial charge >= 0.3 is 6.09 Å². The number of aryl methyl sites for hydroxylation is 1. The number of ether oxygens (including phenoxy) is 2. The van der Waals surface area contributed by atoms with Crippen molar-refractivity contribution in [1.82, 2.24) is 24.8 Å². The predicted octanol–water partition coefficient (Wildman–Crippen LogP) is 2.00. The van der Waals surface area contributed by atoms with E-state index in [0.717, 1.165) is 36.1 Å². The SMILES string of the molecule is CCn1cnc2ccc(N3CCN(C(=O)[C@@H]4[C@@H](C(=O)NO)CC5(CC5)CN4C(=O)OC4CCOCC4)CC3)cc21. The molecule has 2 aromatic rings. The number of piperazine rings is 1. The fourth-order valence-electron chi connectivity index (χ4n) is 6.53. The Morgan fingerprint density at radius 1 is 1.15 bits per heavy atom. The molecule has 1 saturated carbocycles. The number of benzene rings is 1. The standard InChI is InChI=1S/C28H38N6O6/c1-2-31-18-29-22-4-3-19(15-23(22)31)32-9-11-33(12-10-32)26(36)24-21(25(35)30-38)16-28(7-8-28)17-34(24)27(37)40-20-5-13-39-14-6-20/h3-4,15,18,20-21,24,38H,2,5-14,16-17H2,1H3,(H,30,35)/t21-,24-/m0/s1. The van der Waals surface area contributed by atoms with E-state index in [-0.39, 0.29) is 17.4 Å². The molecule has 0 unspecified atom stereocenters. The maximum Gasteiger partial charge on any atom is 0.410 e. The number of fused-ring (bicyclic) bond motifs is 1. The number of nitrogens with zero attached hydrogens (tertiary/aromatic N) is 5. The van der Waals surface area contributed by atoms with E-state index < -0.39 is 24.0 Å². The second kappa shape index (κ2) is 10.9. The first-order valence-electron chi connectivity index (χ1n) is 14.4. The van der Waals surface area contributed by atoms with Crippen LogP contribution in [0.25, 0.3) is 11.0 Å². The van der Waals surface area contributed by atoms with Crippen molar-refractivity contribution in [2.45, 2.75) is 57.7 Å². The Morgan fingerprint density at radius 2 is 1.90 bits per heavy atom. The molecule has 6 rings (SSSR count). The smallest absolute Gasteiger partial charge is 0.410 e. The third-order valence-corrected chi connectivity index (χ3v) is 9.10. The Kier molecular flexibility index (Phi) is 7.30. The number of carbonyl (C=O) groups is 3. The number of likely N-dealkylation sites (tertiary alicyclic amines) is 1. The van der Waals surface area contributed by atoms with E-state index in [9.17, 15) is 19.6 Å². The Balaban J connectivity index is 1.19. The zero-order chi connectivity index (χ0) is 27.9. The van der Waals surface area contributed by atoms with Crippen LogP contribution in [-0.4, -0.2) is 101 Å². The van der Waals surface area contributed by atoms with Gasteiger partial charge in [-0.05, 0) is 49.8 Å². The lowest BCUT2D eigenvalue weighted by molar-refractivity contribution is -0.151. The summed E-state index contributed by atoms with van der Waals surface area (Å²) in [7, 11) is 0. The number of amides is 3. The van der Waals surface area contributed by atoms with Crippen molar-refractivity contribution >= 4 is 34.6 Å². The summed E-state index contributed by atoms with van der Waals surface area (Å²) in [6.45, 7) is 6.52. The van der Waals surface area contributed by atoms with E-state index in [4.69, 9.17) is 9.47 Å². The Hall–Kier alpha value is -3.38. The molecule has 4 fully saturated rings. The minimum Gasteiger partial charge on any atom is -0.446 e. The number of imidazole rings is 1. The topological polar surface area (TPSA) is 129 Å². The van der Waals surface area contributed by atoms with E-state index in [1.54, 1.807) is 10.4 Å². The maximum absolute atomic E-state index is 14.1. The number of carbonyl (C=O) groups excluding carboxylic acids is 3. The Bertz CT molecular complexity index is 1260. The summed E-state index contributed by atoms with van der Waals surface area (Å²) in [5.41, 5.74) is 4.65. The monoisotopic (exact) mass is 554 g/mol. The molecule has 4 heterocycles. The van der Waals surface area contributed by atoms with Gasteiger partial charge in [0.25, 0.3) is 0 Å². The van der Waals surface area contributed by atoms with Gasteiger partial charge in [0, 0.05) is 57.8 Å². The summed E-state index contributed by atoms with van der Waals surface area (Å²) in [5, 5.41) is 9.55. The zero-order valence-electron chi connectivity index (χ0n) is 23.0. The Labute approximate surface area is 233 Å². The van der Waals surface area contributed by atoms with Crippen LogP contribution in [0.5, 0.6) is 0 Å². The lowest BCUT2D eigenvalue weighted by Crippen LogP contribution is -2.64. The van der Waals surface area contributed by atoms with E-state index in [2.05, 4.69) is 33.5 Å². The molecule has 1 aromatic carbocycles. The molecule has 3 amide bonds. The molecule has 1 spiro atoms. The molecule has 3 aliphatic heterocycles. The van der Waals surface area contributed by atoms with Crippen molar-refractivity contribution < 1.29 is 29.1 Å². The molecule has 4 aliphatic rings. The van der Waals surface area contributed by atoms with Gasteiger partial charge in [-0.2, -0.15) is 0 Å². The van der Waals surface area contributed by atoms with Crippen LogP contribution in [0, 0.1) is 11.3 Å². The van der Waals surface area contributed by atoms with Gasteiger partial charge in [0.1, 0.15) is 12.1 Å². The van der Waals surface area contributed by atoms with Crippen molar-refractivity contribution in [3.8, 4) is 0 Å². The van der Waals surface area contributed by atoms with Crippen molar-refractivity contribution in [3.05, 3.63) is 24.5 Å². The molecule has 0 bridgehead atoms. The largest absolute Gasteiger partial charge is 0.446 e. The second-order valence-corrected chi connectivity index (χ2v) is 11.6. The first-order chi connectivity index (χ1) is 19.4. The minimum atomic E-state index is -1.02. The average molecular weight is 555 g/mol. The molecular formula is C28H38N6O6. The molecule has 2 N–H and O–H groups in total. The molecule has 2 atom stereocenters. The number of hydrogen-bond acceptors (Lipinski definition) is 8. The molecule has 216 valence electrons. The highest BCUT2D eigenvalue weighted by atomic mass is 16.6. The molecule has 0 radical (unpaired) electrons. The molecule has 3 saturated heterocycles. The highest BCUT2D eigenvalue weighted by molar-refractivity contribution is 5.93. The molecule has 12 heteroatoms. The third-order valence-electron chi connectivity index (χ3n) is 9.10. The number of hydroxylamine groups is 1. The Morgan fingerprint density at radius 3 is 2.58 bits per heavy atom. The number of aromatic nitrogens is 2. The van der Waals surface area contributed by atoms with Gasteiger partial charge in [-0.25, -0.2) is 15.3 Å². The summed E-state index contributed by atoms with van der Waals surface area (Å²) in [5.74, 6) is -1.74. The number of nitrogens with one attached hydrogen (secondary N) is 1. The van der Waals surface area contributed by atoms with Gasteiger partial charge in [0.15, 0.2) is 0 Å². The zero-order valence-corrected chi connectivity index (χ0v) is 23.0. The quantitative estimate of drug-likeness (QED) is 0.424. The minimum absolute atomic E-state index is 0.203. The normalized spacial score (nSPS) is 24.8. The van der Waals surface area contributed by atoms with Gasteiger partial charge in [0.05, 0.1) is 36.5 Å². The van der Waals surface area contributed by atoms with Crippen molar-refractivity contribution in [1.29, 1.82) is 0 Å². The summed E-state index contributed by atoms with van der Waals surface area (Å²) in [6, 6.07) is 5.19. The summed E-state index contributed by atoms with van der Waals surface area (Å²) in [6.07, 6.45) is 4.44. The summed E-state index contributed by atoms with van der Waals surface area (Å²) < 4.78 is 13.3. The van der Waals surface area contributed by atoms with Crippen LogP contribution < -0.4 is 10.4 Å². The summed E-state index contributed by atoms with van der Waals surface area (Å²) >= 11 is 0. The predicted molar refractivity (Wildman–Crippen MR) is 145 cm³/mol. The second-order valence-electron chi connectivity index (χ2n) is 11.6. The van der Waals surface area contributed by atoms with Crippen molar-refractivity contribution in [2.24, 2.45) is 11.3 Å². The fourth-order valence-corrected chi connectivity index (χ4v) is 6.53. The van der Waals surface area contributed by atoms with Gasteiger partial charge < -0.3 is 23.8 Å². The number of rotatable bonds is 5. The fraction of sp³-hybridized carbons (Fsp3) is 0.643. The highest BCUT2D eigenvalue weighted by Gasteiger charge is 2.58. The van der Waals surface area contributed by atoms with Crippen LogP contribution >= 0.6 is 0 Å². The number of piperidine rings is 1. The molecule has 12 nitrogen and oxygen atoms in total. The molecular weight excluding hydrogens is 516 g/mol. The van der Waals surface area contributed by atoms with Crippen LogP contribution in [0.1, 0.15) is 39.0 Å². The van der Waals surface area contributed by atoms with E-state index in [1.807, 2.05) is 12.4 Å². The lowest BCUT2D eigenvalue weighted by atomic mass is 9.80. The first-order valence-corrected chi connectivity index (χ1v) is 14.4. The maximum atomic E-state index is 14.1. The van der Waals surface area contributed by atoms with Crippen LogP contribution in [0.3, 0.4) is 0 Å². The molecule has 1 aliphatic carbocycles. The van der Waals surface area contributed by atoms with Gasteiger partial charge in [-0.15, -0.1) is 0 Å². The van der Waals surface area contributed by atoms with E-state index in [0.29, 0.717) is 65.2 Å². The van der Waals surface area contributed by atoms with Crippen LogP contribution in [0.2, 0.25) is 0 Å². The van der Waals surface area contributed by atoms with Gasteiger partial charge in [-0.3, -0.25) is 19.7 Å². The summed E-state index contributed by atoms with van der Waals surface area (Å²) in [4.78, 5) is 50.3. The van der Waals surface area contributed by atoms with Crippen LogP contribution in [-0.2, 0) is 25.6 Å². The number of hydrogen-bond donors (Lipinski definition) is 2. The number of anilines is 1. The van der Waals surface area contributed by atoms with Gasteiger partial charge in [0.2, 0.25) is 11.8 Å².